The number of rotatable bonds is 6. The molecule has 1 heterocycles. The zero-order valence-corrected chi connectivity index (χ0v) is 15.0. The average Bonchev–Trinajstić information content (AvgIpc) is 3.17. The molecule has 1 atom stereocenters. The summed E-state index contributed by atoms with van der Waals surface area (Å²) in [6.45, 7) is 0.587. The van der Waals surface area contributed by atoms with Crippen molar-refractivity contribution in [2.75, 3.05) is 19.5 Å². The van der Waals surface area contributed by atoms with Crippen molar-refractivity contribution >= 4 is 27.8 Å². The quantitative estimate of drug-likeness (QED) is 0.827. The van der Waals surface area contributed by atoms with Crippen LogP contribution in [-0.2, 0) is 6.54 Å². The molecule has 0 aliphatic heterocycles. The first kappa shape index (κ1) is 16.0. The Morgan fingerprint density at radius 3 is 2.84 bits per heavy atom. The van der Waals surface area contributed by atoms with Crippen molar-refractivity contribution in [1.82, 2.24) is 0 Å². The minimum absolute atomic E-state index is 0.362. The molecular formula is C19H20N2O3S. The molecule has 0 radical (unpaired) electrons. The number of carbonyl (C=O) groups excluding carboxylic acids is 1. The molecule has 0 saturated heterocycles. The fraction of sp³-hybridized carbons (Fsp3) is 0.316. The van der Waals surface area contributed by atoms with Crippen molar-refractivity contribution in [3.63, 3.8) is 0 Å². The van der Waals surface area contributed by atoms with Gasteiger partial charge in [0.05, 0.1) is 19.8 Å². The second kappa shape index (κ2) is 6.11. The molecule has 25 heavy (non-hydrogen) atoms. The van der Waals surface area contributed by atoms with Gasteiger partial charge >= 0.3 is 0 Å². The standard InChI is InChI=1S/C19H20N2O3S/c1-23-13-7-6-10(8-14(13)24-2)9-21-19-16(18(20)22)15-11-4-3-5-12(11)17(15)25-19/h4,6-8,12,21H,3,5,9H2,1-2H3,(H2,20,22). The summed E-state index contributed by atoms with van der Waals surface area (Å²) in [5, 5.41) is 4.25. The predicted octanol–water partition coefficient (Wildman–Crippen LogP) is 3.75. The molecule has 5 nitrogen and oxygen atoms in total. The van der Waals surface area contributed by atoms with E-state index in [1.807, 2.05) is 18.2 Å². The number of ether oxygens (including phenoxy) is 2. The van der Waals surface area contributed by atoms with Gasteiger partial charge in [-0.25, -0.2) is 0 Å². The van der Waals surface area contributed by atoms with Crippen molar-refractivity contribution in [1.29, 1.82) is 0 Å². The van der Waals surface area contributed by atoms with E-state index in [1.165, 1.54) is 10.5 Å². The van der Waals surface area contributed by atoms with Crippen LogP contribution in [0.25, 0.3) is 5.57 Å². The van der Waals surface area contributed by atoms with Crippen LogP contribution < -0.4 is 20.5 Å². The Hall–Kier alpha value is -2.47. The fourth-order valence-corrected chi connectivity index (χ4v) is 5.07. The smallest absolute Gasteiger partial charge is 0.252 e. The van der Waals surface area contributed by atoms with Crippen LogP contribution in [0.15, 0.2) is 24.3 Å². The molecule has 4 rings (SSSR count). The third-order valence-electron chi connectivity index (χ3n) is 4.88. The lowest BCUT2D eigenvalue weighted by Gasteiger charge is -2.26. The summed E-state index contributed by atoms with van der Waals surface area (Å²) < 4.78 is 10.6. The summed E-state index contributed by atoms with van der Waals surface area (Å²) in [6, 6.07) is 5.79. The summed E-state index contributed by atoms with van der Waals surface area (Å²) in [5.41, 5.74) is 9.73. The van der Waals surface area contributed by atoms with Crippen LogP contribution in [0.4, 0.5) is 5.00 Å². The maximum Gasteiger partial charge on any atom is 0.252 e. The Morgan fingerprint density at radius 2 is 2.12 bits per heavy atom. The molecule has 0 fully saturated rings. The maximum atomic E-state index is 12.0. The van der Waals surface area contributed by atoms with E-state index < -0.39 is 0 Å². The Kier molecular flexibility index (Phi) is 3.92. The Balaban J connectivity index is 1.59. The first-order chi connectivity index (χ1) is 12.1. The monoisotopic (exact) mass is 356 g/mol. The molecule has 0 saturated carbocycles. The van der Waals surface area contributed by atoms with E-state index in [2.05, 4.69) is 11.4 Å². The molecule has 1 aromatic heterocycles. The highest BCUT2D eigenvalue weighted by Crippen LogP contribution is 2.59. The molecule has 2 aliphatic rings. The summed E-state index contributed by atoms with van der Waals surface area (Å²) >= 11 is 1.66. The number of methoxy groups -OCH3 is 2. The van der Waals surface area contributed by atoms with E-state index in [1.54, 1.807) is 25.6 Å². The average molecular weight is 356 g/mol. The first-order valence-corrected chi connectivity index (χ1v) is 9.07. The molecule has 0 bridgehead atoms. The zero-order chi connectivity index (χ0) is 17.6. The lowest BCUT2D eigenvalue weighted by Crippen LogP contribution is -2.18. The predicted molar refractivity (Wildman–Crippen MR) is 99.7 cm³/mol. The van der Waals surface area contributed by atoms with Crippen LogP contribution >= 0.6 is 11.3 Å². The van der Waals surface area contributed by atoms with Gasteiger partial charge in [0, 0.05) is 22.9 Å². The van der Waals surface area contributed by atoms with Gasteiger partial charge in [-0.1, -0.05) is 12.1 Å². The van der Waals surface area contributed by atoms with E-state index in [0.717, 1.165) is 29.0 Å². The second-order valence-electron chi connectivity index (χ2n) is 6.24. The minimum atomic E-state index is -0.362. The number of primary amides is 1. The van der Waals surface area contributed by atoms with E-state index in [-0.39, 0.29) is 5.91 Å². The van der Waals surface area contributed by atoms with Gasteiger partial charge in [-0.15, -0.1) is 11.3 Å². The van der Waals surface area contributed by atoms with E-state index in [4.69, 9.17) is 15.2 Å². The van der Waals surface area contributed by atoms with Gasteiger partial charge in [0.25, 0.3) is 5.91 Å². The van der Waals surface area contributed by atoms with Gasteiger partial charge in [0.2, 0.25) is 0 Å². The Labute approximate surface area is 150 Å². The molecule has 0 spiro atoms. The number of nitrogens with one attached hydrogen (secondary N) is 1. The third kappa shape index (κ3) is 2.48. The largest absolute Gasteiger partial charge is 0.493 e. The number of amides is 1. The number of hydrogen-bond donors (Lipinski definition) is 2. The number of carbonyl (C=O) groups is 1. The number of anilines is 1. The van der Waals surface area contributed by atoms with Crippen molar-refractivity contribution in [3.05, 3.63) is 45.8 Å². The highest BCUT2D eigenvalue weighted by atomic mass is 32.1. The summed E-state index contributed by atoms with van der Waals surface area (Å²) in [6.07, 6.45) is 4.48. The zero-order valence-electron chi connectivity index (χ0n) is 14.2. The van der Waals surface area contributed by atoms with Crippen LogP contribution in [-0.4, -0.2) is 20.1 Å². The number of nitrogens with two attached hydrogens (primary N) is 1. The van der Waals surface area contributed by atoms with E-state index in [9.17, 15) is 4.79 Å². The summed E-state index contributed by atoms with van der Waals surface area (Å²) in [4.78, 5) is 13.3. The van der Waals surface area contributed by atoms with Gasteiger partial charge in [-0.05, 0) is 36.1 Å². The Bertz CT molecular complexity index is 885. The van der Waals surface area contributed by atoms with Crippen LogP contribution in [0.3, 0.4) is 0 Å². The summed E-state index contributed by atoms with van der Waals surface area (Å²) in [7, 11) is 3.23. The van der Waals surface area contributed by atoms with Crippen molar-refractivity contribution < 1.29 is 14.3 Å². The van der Waals surface area contributed by atoms with Crippen molar-refractivity contribution in [2.45, 2.75) is 25.3 Å². The van der Waals surface area contributed by atoms with E-state index >= 15 is 0 Å². The first-order valence-electron chi connectivity index (χ1n) is 8.25. The number of fused-ring (bicyclic) bond motifs is 4. The molecule has 2 aromatic rings. The van der Waals surface area contributed by atoms with Crippen LogP contribution in [0, 0.1) is 0 Å². The Morgan fingerprint density at radius 1 is 1.32 bits per heavy atom. The highest BCUT2D eigenvalue weighted by molar-refractivity contribution is 7.17. The lowest BCUT2D eigenvalue weighted by molar-refractivity contribution is 0.100. The molecular weight excluding hydrogens is 336 g/mol. The van der Waals surface area contributed by atoms with Gasteiger partial charge < -0.3 is 20.5 Å². The van der Waals surface area contributed by atoms with Crippen molar-refractivity contribution in [2.24, 2.45) is 5.73 Å². The fourth-order valence-electron chi connectivity index (χ4n) is 3.69. The lowest BCUT2D eigenvalue weighted by atomic mass is 9.79. The van der Waals surface area contributed by atoms with Crippen molar-refractivity contribution in [3.8, 4) is 11.5 Å². The van der Waals surface area contributed by atoms with Gasteiger partial charge in [-0.3, -0.25) is 4.79 Å². The van der Waals surface area contributed by atoms with Gasteiger partial charge in [0.15, 0.2) is 11.5 Å². The number of benzene rings is 1. The SMILES string of the molecule is COc1ccc(CNc2sc3c(c2C(N)=O)C2=CCCC23)cc1OC. The topological polar surface area (TPSA) is 73.6 Å². The molecule has 1 unspecified atom stereocenters. The minimum Gasteiger partial charge on any atom is -0.493 e. The van der Waals surface area contributed by atoms with E-state index in [0.29, 0.717) is 29.5 Å². The molecule has 6 heteroatoms. The van der Waals surface area contributed by atoms with Crippen LogP contribution in [0.5, 0.6) is 11.5 Å². The summed E-state index contributed by atoms with van der Waals surface area (Å²) in [5.74, 6) is 1.53. The molecule has 2 aliphatic carbocycles. The van der Waals surface area contributed by atoms with Crippen LogP contribution in [0.2, 0.25) is 0 Å². The number of hydrogen-bond acceptors (Lipinski definition) is 5. The third-order valence-corrected chi connectivity index (χ3v) is 6.14. The molecule has 1 amide bonds. The maximum absolute atomic E-state index is 12.0. The van der Waals surface area contributed by atoms with Gasteiger partial charge in [0.1, 0.15) is 5.00 Å². The van der Waals surface area contributed by atoms with Gasteiger partial charge in [-0.2, -0.15) is 0 Å². The number of thiophene rings is 1. The molecule has 3 N–H and O–H groups in total. The van der Waals surface area contributed by atoms with Crippen LogP contribution in [0.1, 0.15) is 45.1 Å². The normalized spacial score (nSPS) is 17.2. The second-order valence-corrected chi connectivity index (χ2v) is 7.29. The highest BCUT2D eigenvalue weighted by Gasteiger charge is 2.41. The molecule has 1 aromatic carbocycles. The molecule has 130 valence electrons. The number of allylic oxidation sites excluding steroid dienone is 2.